The summed E-state index contributed by atoms with van der Waals surface area (Å²) in [6, 6.07) is 4.77. The standard InChI is InChI=1S/C15H26N2OS/c1-4-7-12(3)17-15(18)11-16-13(8-5-2)14-9-6-10-19-14/h6,9-10,12-13,16H,4-5,7-8,11H2,1-3H3,(H,17,18). The van der Waals surface area contributed by atoms with Crippen molar-refractivity contribution < 1.29 is 4.79 Å². The minimum absolute atomic E-state index is 0.0959. The molecule has 1 aromatic rings. The molecule has 1 heterocycles. The van der Waals surface area contributed by atoms with Gasteiger partial charge in [0.1, 0.15) is 0 Å². The predicted molar refractivity (Wildman–Crippen MR) is 82.5 cm³/mol. The van der Waals surface area contributed by atoms with Gasteiger partial charge in [0.25, 0.3) is 0 Å². The van der Waals surface area contributed by atoms with Gasteiger partial charge in [-0.3, -0.25) is 4.79 Å². The molecule has 2 atom stereocenters. The fourth-order valence-corrected chi connectivity index (χ4v) is 3.01. The zero-order valence-electron chi connectivity index (χ0n) is 12.2. The van der Waals surface area contributed by atoms with E-state index >= 15 is 0 Å². The topological polar surface area (TPSA) is 41.1 Å². The number of thiophene rings is 1. The number of carbonyl (C=O) groups is 1. The van der Waals surface area contributed by atoms with E-state index in [9.17, 15) is 4.79 Å². The molecule has 0 bridgehead atoms. The molecular formula is C15H26N2OS. The Morgan fingerprint density at radius 1 is 1.32 bits per heavy atom. The Morgan fingerprint density at radius 2 is 2.05 bits per heavy atom. The van der Waals surface area contributed by atoms with Crippen LogP contribution in [0.4, 0.5) is 0 Å². The molecule has 1 rings (SSSR count). The molecule has 0 fully saturated rings. The maximum atomic E-state index is 11.8. The fraction of sp³-hybridized carbons (Fsp3) is 0.667. The monoisotopic (exact) mass is 282 g/mol. The van der Waals surface area contributed by atoms with Gasteiger partial charge in [-0.15, -0.1) is 11.3 Å². The first-order valence-corrected chi connectivity index (χ1v) is 8.11. The van der Waals surface area contributed by atoms with E-state index in [2.05, 4.69) is 48.9 Å². The van der Waals surface area contributed by atoms with Gasteiger partial charge in [-0.2, -0.15) is 0 Å². The lowest BCUT2D eigenvalue weighted by Gasteiger charge is -2.18. The number of carbonyl (C=O) groups excluding carboxylic acids is 1. The summed E-state index contributed by atoms with van der Waals surface area (Å²) in [5.74, 6) is 0.0959. The summed E-state index contributed by atoms with van der Waals surface area (Å²) in [4.78, 5) is 13.2. The molecule has 108 valence electrons. The van der Waals surface area contributed by atoms with Crippen molar-refractivity contribution in [2.24, 2.45) is 0 Å². The molecule has 2 N–H and O–H groups in total. The fourth-order valence-electron chi connectivity index (χ4n) is 2.17. The van der Waals surface area contributed by atoms with E-state index in [1.807, 2.05) is 0 Å². The van der Waals surface area contributed by atoms with Crippen LogP contribution in [0.2, 0.25) is 0 Å². The zero-order valence-corrected chi connectivity index (χ0v) is 13.1. The van der Waals surface area contributed by atoms with E-state index in [1.54, 1.807) is 11.3 Å². The summed E-state index contributed by atoms with van der Waals surface area (Å²) < 4.78 is 0. The molecule has 0 spiro atoms. The molecule has 0 saturated heterocycles. The number of hydrogen-bond acceptors (Lipinski definition) is 3. The molecule has 3 nitrogen and oxygen atoms in total. The number of amides is 1. The molecule has 2 unspecified atom stereocenters. The minimum Gasteiger partial charge on any atom is -0.353 e. The summed E-state index contributed by atoms with van der Waals surface area (Å²) in [6.45, 7) is 6.77. The van der Waals surface area contributed by atoms with Gasteiger partial charge in [0.15, 0.2) is 0 Å². The first kappa shape index (κ1) is 16.2. The van der Waals surface area contributed by atoms with E-state index in [4.69, 9.17) is 0 Å². The third kappa shape index (κ3) is 6.21. The minimum atomic E-state index is 0.0959. The number of rotatable bonds is 9. The van der Waals surface area contributed by atoms with Gasteiger partial charge in [-0.1, -0.05) is 32.8 Å². The summed E-state index contributed by atoms with van der Waals surface area (Å²) in [6.07, 6.45) is 4.32. The van der Waals surface area contributed by atoms with Crippen molar-refractivity contribution in [2.45, 2.75) is 58.5 Å². The summed E-state index contributed by atoms with van der Waals surface area (Å²) in [7, 11) is 0. The maximum absolute atomic E-state index is 11.8. The van der Waals surface area contributed by atoms with Gasteiger partial charge in [-0.25, -0.2) is 0 Å². The lowest BCUT2D eigenvalue weighted by Crippen LogP contribution is -2.39. The lowest BCUT2D eigenvalue weighted by atomic mass is 10.1. The van der Waals surface area contributed by atoms with E-state index in [-0.39, 0.29) is 11.9 Å². The molecule has 0 aromatic carbocycles. The Labute approximate surface area is 120 Å². The van der Waals surface area contributed by atoms with Crippen LogP contribution in [0.25, 0.3) is 0 Å². The molecule has 4 heteroatoms. The van der Waals surface area contributed by atoms with Crippen LogP contribution in [0.1, 0.15) is 57.4 Å². The van der Waals surface area contributed by atoms with Crippen molar-refractivity contribution in [1.29, 1.82) is 0 Å². The molecule has 1 aromatic heterocycles. The van der Waals surface area contributed by atoms with Crippen LogP contribution in [-0.2, 0) is 4.79 Å². The highest BCUT2D eigenvalue weighted by molar-refractivity contribution is 7.10. The maximum Gasteiger partial charge on any atom is 0.234 e. The van der Waals surface area contributed by atoms with Gasteiger partial charge in [0.2, 0.25) is 5.91 Å². The van der Waals surface area contributed by atoms with Gasteiger partial charge in [0.05, 0.1) is 6.54 Å². The first-order valence-electron chi connectivity index (χ1n) is 7.23. The molecule has 0 radical (unpaired) electrons. The van der Waals surface area contributed by atoms with Crippen LogP contribution in [0, 0.1) is 0 Å². The Morgan fingerprint density at radius 3 is 2.63 bits per heavy atom. The van der Waals surface area contributed by atoms with Crippen LogP contribution in [-0.4, -0.2) is 18.5 Å². The third-order valence-corrected chi connectivity index (χ3v) is 4.09. The lowest BCUT2D eigenvalue weighted by molar-refractivity contribution is -0.121. The van der Waals surface area contributed by atoms with Crippen LogP contribution < -0.4 is 10.6 Å². The van der Waals surface area contributed by atoms with Crippen molar-refractivity contribution in [3.05, 3.63) is 22.4 Å². The highest BCUT2D eigenvalue weighted by Crippen LogP contribution is 2.22. The molecule has 1 amide bonds. The van der Waals surface area contributed by atoms with Crippen molar-refractivity contribution in [2.75, 3.05) is 6.54 Å². The van der Waals surface area contributed by atoms with Crippen LogP contribution in [0.5, 0.6) is 0 Å². The average Bonchev–Trinajstić information content (AvgIpc) is 2.88. The average molecular weight is 282 g/mol. The second-order valence-corrected chi connectivity index (χ2v) is 5.97. The van der Waals surface area contributed by atoms with E-state index in [0.717, 1.165) is 25.7 Å². The van der Waals surface area contributed by atoms with E-state index in [0.29, 0.717) is 12.6 Å². The number of hydrogen-bond donors (Lipinski definition) is 2. The van der Waals surface area contributed by atoms with Crippen LogP contribution in [0.3, 0.4) is 0 Å². The predicted octanol–water partition coefficient (Wildman–Crippen LogP) is 3.48. The highest BCUT2D eigenvalue weighted by Gasteiger charge is 2.13. The largest absolute Gasteiger partial charge is 0.353 e. The molecule has 19 heavy (non-hydrogen) atoms. The second-order valence-electron chi connectivity index (χ2n) is 4.99. The van der Waals surface area contributed by atoms with Crippen LogP contribution >= 0.6 is 11.3 Å². The molecule has 0 saturated carbocycles. The Bertz CT molecular complexity index is 351. The Balaban J connectivity index is 2.37. The van der Waals surface area contributed by atoms with E-state index < -0.39 is 0 Å². The number of nitrogens with one attached hydrogen (secondary N) is 2. The first-order chi connectivity index (χ1) is 9.17. The zero-order chi connectivity index (χ0) is 14.1. The quantitative estimate of drug-likeness (QED) is 0.728. The van der Waals surface area contributed by atoms with Crippen molar-refractivity contribution >= 4 is 17.2 Å². The summed E-state index contributed by atoms with van der Waals surface area (Å²) in [5, 5.41) is 8.48. The molecule has 0 aliphatic rings. The third-order valence-electron chi connectivity index (χ3n) is 3.10. The Kier molecular flexibility index (Phi) is 7.75. The van der Waals surface area contributed by atoms with E-state index in [1.165, 1.54) is 4.88 Å². The summed E-state index contributed by atoms with van der Waals surface area (Å²) >= 11 is 1.75. The highest BCUT2D eigenvalue weighted by atomic mass is 32.1. The second kappa shape index (κ2) is 9.10. The van der Waals surface area contributed by atoms with Gasteiger partial charge in [-0.05, 0) is 31.2 Å². The van der Waals surface area contributed by atoms with Crippen molar-refractivity contribution in [3.8, 4) is 0 Å². The van der Waals surface area contributed by atoms with Crippen LogP contribution in [0.15, 0.2) is 17.5 Å². The molecule has 0 aliphatic heterocycles. The molecular weight excluding hydrogens is 256 g/mol. The van der Waals surface area contributed by atoms with Gasteiger partial charge >= 0.3 is 0 Å². The Hall–Kier alpha value is -0.870. The molecule has 0 aliphatic carbocycles. The van der Waals surface area contributed by atoms with Gasteiger partial charge in [0, 0.05) is 17.0 Å². The summed E-state index contributed by atoms with van der Waals surface area (Å²) in [5.41, 5.74) is 0. The van der Waals surface area contributed by atoms with Crippen molar-refractivity contribution in [3.63, 3.8) is 0 Å². The van der Waals surface area contributed by atoms with Crippen molar-refractivity contribution in [1.82, 2.24) is 10.6 Å². The SMILES string of the molecule is CCCC(C)NC(=O)CNC(CCC)c1cccs1. The van der Waals surface area contributed by atoms with Gasteiger partial charge < -0.3 is 10.6 Å². The smallest absolute Gasteiger partial charge is 0.234 e. The normalized spacial score (nSPS) is 14.1.